The fourth-order valence-electron chi connectivity index (χ4n) is 2.25. The number of hydrogen-bond acceptors (Lipinski definition) is 2. The third-order valence-electron chi connectivity index (χ3n) is 3.39. The van der Waals surface area contributed by atoms with Crippen LogP contribution >= 0.6 is 0 Å². The Kier molecular flexibility index (Phi) is 4.23. The molecule has 2 N–H and O–H groups in total. The summed E-state index contributed by atoms with van der Waals surface area (Å²) in [5.74, 6) is 0. The molecule has 2 rings (SSSR count). The number of rotatable bonds is 4. The standard InChI is InChI=1S/C17H21NO/c1-12-7-8-17(13(2)9-12)18-14(3)16-6-4-5-15(10-16)11-19/h4-10,14,18-19H,11H2,1-3H3. The Balaban J connectivity index is 2.17. The van der Waals surface area contributed by atoms with Crippen LogP contribution in [0.5, 0.6) is 0 Å². The molecule has 2 heteroatoms. The van der Waals surface area contributed by atoms with Crippen molar-refractivity contribution in [2.24, 2.45) is 0 Å². The first-order valence-electron chi connectivity index (χ1n) is 6.63. The minimum absolute atomic E-state index is 0.0874. The minimum atomic E-state index is 0.0874. The van der Waals surface area contributed by atoms with E-state index >= 15 is 0 Å². The highest BCUT2D eigenvalue weighted by molar-refractivity contribution is 5.53. The van der Waals surface area contributed by atoms with Gasteiger partial charge in [-0.05, 0) is 43.5 Å². The normalized spacial score (nSPS) is 12.2. The van der Waals surface area contributed by atoms with E-state index in [-0.39, 0.29) is 12.6 Å². The summed E-state index contributed by atoms with van der Waals surface area (Å²) >= 11 is 0. The molecule has 19 heavy (non-hydrogen) atoms. The fourth-order valence-corrected chi connectivity index (χ4v) is 2.25. The highest BCUT2D eigenvalue weighted by Gasteiger charge is 2.07. The molecule has 0 amide bonds. The van der Waals surface area contributed by atoms with Crippen LogP contribution in [0.2, 0.25) is 0 Å². The van der Waals surface area contributed by atoms with E-state index in [0.29, 0.717) is 0 Å². The molecule has 100 valence electrons. The second-order valence-electron chi connectivity index (χ2n) is 5.09. The Labute approximate surface area is 115 Å². The molecule has 0 aliphatic heterocycles. The summed E-state index contributed by atoms with van der Waals surface area (Å²) in [7, 11) is 0. The molecule has 0 heterocycles. The van der Waals surface area contributed by atoms with Gasteiger partial charge in [0.1, 0.15) is 0 Å². The molecule has 2 aromatic carbocycles. The highest BCUT2D eigenvalue weighted by Crippen LogP contribution is 2.23. The maximum Gasteiger partial charge on any atom is 0.0681 e. The molecule has 1 unspecified atom stereocenters. The van der Waals surface area contributed by atoms with Crippen molar-refractivity contribution in [3.8, 4) is 0 Å². The average molecular weight is 255 g/mol. The second kappa shape index (κ2) is 5.89. The Bertz CT molecular complexity index is 563. The topological polar surface area (TPSA) is 32.3 Å². The molecular formula is C17H21NO. The van der Waals surface area contributed by atoms with Crippen LogP contribution in [0.25, 0.3) is 0 Å². The van der Waals surface area contributed by atoms with Crippen molar-refractivity contribution in [2.75, 3.05) is 5.32 Å². The van der Waals surface area contributed by atoms with Gasteiger partial charge < -0.3 is 10.4 Å². The second-order valence-corrected chi connectivity index (χ2v) is 5.09. The predicted octanol–water partition coefficient (Wildman–Crippen LogP) is 3.97. The van der Waals surface area contributed by atoms with Gasteiger partial charge in [-0.2, -0.15) is 0 Å². The molecule has 0 saturated heterocycles. The fraction of sp³-hybridized carbons (Fsp3) is 0.294. The van der Waals surface area contributed by atoms with Gasteiger partial charge in [-0.1, -0.05) is 42.0 Å². The van der Waals surface area contributed by atoms with Crippen LogP contribution in [0.4, 0.5) is 5.69 Å². The first-order chi connectivity index (χ1) is 9.10. The zero-order valence-corrected chi connectivity index (χ0v) is 11.8. The molecule has 0 saturated carbocycles. The van der Waals surface area contributed by atoms with Crippen molar-refractivity contribution in [2.45, 2.75) is 33.4 Å². The molecule has 0 aliphatic rings. The molecule has 0 bridgehead atoms. The third-order valence-corrected chi connectivity index (χ3v) is 3.39. The summed E-state index contributed by atoms with van der Waals surface area (Å²) in [6, 6.07) is 14.7. The van der Waals surface area contributed by atoms with Crippen molar-refractivity contribution in [3.63, 3.8) is 0 Å². The van der Waals surface area contributed by atoms with Gasteiger partial charge in [0.05, 0.1) is 6.61 Å². The zero-order chi connectivity index (χ0) is 13.8. The number of aliphatic hydroxyl groups is 1. The lowest BCUT2D eigenvalue weighted by atomic mass is 10.0. The number of aryl methyl sites for hydroxylation is 2. The van der Waals surface area contributed by atoms with Crippen molar-refractivity contribution in [1.82, 2.24) is 0 Å². The monoisotopic (exact) mass is 255 g/mol. The Morgan fingerprint density at radius 3 is 2.58 bits per heavy atom. The van der Waals surface area contributed by atoms with Crippen LogP contribution in [-0.4, -0.2) is 5.11 Å². The van der Waals surface area contributed by atoms with Crippen LogP contribution in [0.3, 0.4) is 0 Å². The van der Waals surface area contributed by atoms with Gasteiger partial charge in [0.2, 0.25) is 0 Å². The van der Waals surface area contributed by atoms with Crippen LogP contribution < -0.4 is 5.32 Å². The summed E-state index contributed by atoms with van der Waals surface area (Å²) in [4.78, 5) is 0. The first kappa shape index (κ1) is 13.6. The number of anilines is 1. The van der Waals surface area contributed by atoms with Crippen molar-refractivity contribution in [1.29, 1.82) is 0 Å². The lowest BCUT2D eigenvalue weighted by Gasteiger charge is -2.18. The molecule has 2 aromatic rings. The van der Waals surface area contributed by atoms with E-state index in [1.54, 1.807) is 0 Å². The van der Waals surface area contributed by atoms with Crippen LogP contribution in [0.1, 0.15) is 35.2 Å². The van der Waals surface area contributed by atoms with E-state index in [1.165, 1.54) is 16.7 Å². The Morgan fingerprint density at radius 2 is 1.89 bits per heavy atom. The van der Waals surface area contributed by atoms with E-state index in [0.717, 1.165) is 11.3 Å². The van der Waals surface area contributed by atoms with Gasteiger partial charge in [0, 0.05) is 11.7 Å². The number of hydrogen-bond donors (Lipinski definition) is 2. The van der Waals surface area contributed by atoms with E-state index in [1.807, 2.05) is 18.2 Å². The quantitative estimate of drug-likeness (QED) is 0.866. The largest absolute Gasteiger partial charge is 0.392 e. The SMILES string of the molecule is Cc1ccc(NC(C)c2cccc(CO)c2)c(C)c1. The van der Waals surface area contributed by atoms with E-state index in [9.17, 15) is 5.11 Å². The average Bonchev–Trinajstić information content (AvgIpc) is 2.42. The molecule has 0 aromatic heterocycles. The maximum atomic E-state index is 9.19. The first-order valence-corrected chi connectivity index (χ1v) is 6.63. The molecular weight excluding hydrogens is 234 g/mol. The van der Waals surface area contributed by atoms with Crippen molar-refractivity contribution < 1.29 is 5.11 Å². The van der Waals surface area contributed by atoms with Gasteiger partial charge in [-0.15, -0.1) is 0 Å². The van der Waals surface area contributed by atoms with Crippen LogP contribution in [-0.2, 0) is 6.61 Å². The molecule has 1 atom stereocenters. The van der Waals surface area contributed by atoms with E-state index in [2.05, 4.69) is 50.4 Å². The predicted molar refractivity (Wildman–Crippen MR) is 80.3 cm³/mol. The number of benzene rings is 2. The Hall–Kier alpha value is -1.80. The van der Waals surface area contributed by atoms with Gasteiger partial charge >= 0.3 is 0 Å². The smallest absolute Gasteiger partial charge is 0.0681 e. The summed E-state index contributed by atoms with van der Waals surface area (Å²) < 4.78 is 0. The van der Waals surface area contributed by atoms with Gasteiger partial charge in [-0.3, -0.25) is 0 Å². The zero-order valence-electron chi connectivity index (χ0n) is 11.8. The van der Waals surface area contributed by atoms with Crippen molar-refractivity contribution in [3.05, 3.63) is 64.7 Å². The highest BCUT2D eigenvalue weighted by atomic mass is 16.3. The van der Waals surface area contributed by atoms with Gasteiger partial charge in [0.15, 0.2) is 0 Å². The molecule has 0 radical (unpaired) electrons. The molecule has 0 spiro atoms. The van der Waals surface area contributed by atoms with Gasteiger partial charge in [-0.25, -0.2) is 0 Å². The lowest BCUT2D eigenvalue weighted by molar-refractivity contribution is 0.281. The van der Waals surface area contributed by atoms with Gasteiger partial charge in [0.25, 0.3) is 0 Å². The number of nitrogens with one attached hydrogen (secondary N) is 1. The summed E-state index contributed by atoms with van der Waals surface area (Å²) in [5.41, 5.74) is 5.83. The summed E-state index contributed by atoms with van der Waals surface area (Å²) in [6.45, 7) is 6.44. The minimum Gasteiger partial charge on any atom is -0.392 e. The lowest BCUT2D eigenvalue weighted by Crippen LogP contribution is -2.08. The maximum absolute atomic E-state index is 9.19. The Morgan fingerprint density at radius 1 is 1.11 bits per heavy atom. The van der Waals surface area contributed by atoms with E-state index < -0.39 is 0 Å². The van der Waals surface area contributed by atoms with Crippen LogP contribution in [0, 0.1) is 13.8 Å². The van der Waals surface area contributed by atoms with E-state index in [4.69, 9.17) is 0 Å². The number of aliphatic hydroxyl groups excluding tert-OH is 1. The summed E-state index contributed by atoms with van der Waals surface area (Å²) in [6.07, 6.45) is 0. The van der Waals surface area contributed by atoms with Crippen molar-refractivity contribution >= 4 is 5.69 Å². The summed E-state index contributed by atoms with van der Waals surface area (Å²) in [5, 5.41) is 12.7. The molecule has 0 fully saturated rings. The van der Waals surface area contributed by atoms with Crippen LogP contribution in [0.15, 0.2) is 42.5 Å². The molecule has 2 nitrogen and oxygen atoms in total. The third kappa shape index (κ3) is 3.36. The molecule has 0 aliphatic carbocycles.